The number of rotatable bonds is 1. The quantitative estimate of drug-likeness (QED) is 0.739. The van der Waals surface area contributed by atoms with Crippen LogP contribution in [0.4, 0.5) is 8.78 Å². The average molecular weight is 198 g/mol. The predicted molar refractivity (Wildman–Crippen MR) is 47.3 cm³/mol. The van der Waals surface area contributed by atoms with Crippen molar-refractivity contribution in [1.82, 2.24) is 10.2 Å². The van der Waals surface area contributed by atoms with Crippen molar-refractivity contribution in [1.29, 1.82) is 0 Å². The molecule has 0 unspecified atom stereocenters. The molecular formula is C9H8F2N2O. The predicted octanol–water partition coefficient (Wildman–Crippen LogP) is 2.38. The zero-order chi connectivity index (χ0) is 10.3. The van der Waals surface area contributed by atoms with Crippen molar-refractivity contribution in [2.75, 3.05) is 0 Å². The first-order chi connectivity index (χ1) is 6.50. The number of phenolic OH excluding ortho intramolecular Hbond substituents is 1. The van der Waals surface area contributed by atoms with E-state index in [1.807, 2.05) is 0 Å². The fourth-order valence-electron chi connectivity index (χ4n) is 1.36. The Morgan fingerprint density at radius 1 is 1.43 bits per heavy atom. The van der Waals surface area contributed by atoms with Crippen molar-refractivity contribution in [3.05, 3.63) is 23.9 Å². The highest BCUT2D eigenvalue weighted by molar-refractivity contribution is 5.86. The molecule has 3 nitrogen and oxygen atoms in total. The Bertz CT molecular complexity index is 473. The Morgan fingerprint density at radius 3 is 2.79 bits per heavy atom. The van der Waals surface area contributed by atoms with E-state index in [9.17, 15) is 13.9 Å². The standard InChI is InChI=1S/C9H8F2N2O/c1-9(10,11)8-5-3-2-4-6(14)7(5)12-13-8/h2-4,14H,1H3,(H,12,13). The van der Waals surface area contributed by atoms with E-state index in [1.54, 1.807) is 0 Å². The number of halogens is 2. The molecule has 0 aliphatic heterocycles. The molecule has 2 rings (SSSR count). The van der Waals surface area contributed by atoms with Gasteiger partial charge in [-0.1, -0.05) is 12.1 Å². The molecule has 1 heterocycles. The molecule has 5 heteroatoms. The lowest BCUT2D eigenvalue weighted by Gasteiger charge is -2.07. The van der Waals surface area contributed by atoms with Crippen molar-refractivity contribution in [2.45, 2.75) is 12.8 Å². The molecule has 2 N–H and O–H groups in total. The molecule has 2 aromatic rings. The summed E-state index contributed by atoms with van der Waals surface area (Å²) in [7, 11) is 0. The molecule has 0 spiro atoms. The van der Waals surface area contributed by atoms with Gasteiger partial charge in [0.25, 0.3) is 5.92 Å². The van der Waals surface area contributed by atoms with E-state index in [0.29, 0.717) is 0 Å². The minimum Gasteiger partial charge on any atom is -0.506 e. The monoisotopic (exact) mass is 198 g/mol. The van der Waals surface area contributed by atoms with Gasteiger partial charge in [0, 0.05) is 12.3 Å². The van der Waals surface area contributed by atoms with Gasteiger partial charge >= 0.3 is 0 Å². The van der Waals surface area contributed by atoms with Crippen LogP contribution in [0.25, 0.3) is 10.9 Å². The first-order valence-corrected chi connectivity index (χ1v) is 4.04. The fourth-order valence-corrected chi connectivity index (χ4v) is 1.36. The van der Waals surface area contributed by atoms with Crippen molar-refractivity contribution in [2.24, 2.45) is 0 Å². The maximum absolute atomic E-state index is 13.0. The van der Waals surface area contributed by atoms with Crippen LogP contribution in [0.3, 0.4) is 0 Å². The molecule has 74 valence electrons. The van der Waals surface area contributed by atoms with E-state index >= 15 is 0 Å². The number of phenols is 1. The largest absolute Gasteiger partial charge is 0.506 e. The number of benzene rings is 1. The number of fused-ring (bicyclic) bond motifs is 1. The molecule has 0 atom stereocenters. The molecule has 14 heavy (non-hydrogen) atoms. The summed E-state index contributed by atoms with van der Waals surface area (Å²) in [5.41, 5.74) is -0.104. The Kier molecular flexibility index (Phi) is 1.70. The maximum atomic E-state index is 13.0. The minimum absolute atomic E-state index is 0.103. The number of aromatic hydroxyl groups is 1. The second kappa shape index (κ2) is 2.67. The zero-order valence-corrected chi connectivity index (χ0v) is 7.38. The van der Waals surface area contributed by atoms with Gasteiger partial charge in [-0.3, -0.25) is 5.10 Å². The summed E-state index contributed by atoms with van der Waals surface area (Å²) in [6.45, 7) is 0.782. The number of hydrogen-bond acceptors (Lipinski definition) is 2. The lowest BCUT2D eigenvalue weighted by Crippen LogP contribution is -2.07. The Balaban J connectivity index is 2.76. The summed E-state index contributed by atoms with van der Waals surface area (Å²) in [6.07, 6.45) is 0. The summed E-state index contributed by atoms with van der Waals surface area (Å²) < 4.78 is 26.0. The topological polar surface area (TPSA) is 48.9 Å². The molecule has 0 radical (unpaired) electrons. The third-order valence-corrected chi connectivity index (χ3v) is 2.00. The SMILES string of the molecule is CC(F)(F)c1[nH]nc2c(O)cccc12. The number of nitrogens with zero attached hydrogens (tertiary/aromatic N) is 1. The summed E-state index contributed by atoms with van der Waals surface area (Å²) in [4.78, 5) is 0. The van der Waals surface area contributed by atoms with Crippen LogP contribution < -0.4 is 0 Å². The van der Waals surface area contributed by atoms with Gasteiger partial charge in [-0.05, 0) is 6.07 Å². The third-order valence-electron chi connectivity index (χ3n) is 2.00. The lowest BCUT2D eigenvalue weighted by atomic mass is 10.1. The van der Waals surface area contributed by atoms with Crippen LogP contribution >= 0.6 is 0 Å². The number of aromatic amines is 1. The van der Waals surface area contributed by atoms with E-state index in [2.05, 4.69) is 10.2 Å². The van der Waals surface area contributed by atoms with Crippen molar-refractivity contribution >= 4 is 10.9 Å². The van der Waals surface area contributed by atoms with E-state index in [1.165, 1.54) is 18.2 Å². The summed E-state index contributed by atoms with van der Waals surface area (Å²) >= 11 is 0. The smallest absolute Gasteiger partial charge is 0.287 e. The first kappa shape index (κ1) is 8.93. The van der Waals surface area contributed by atoms with Gasteiger partial charge in [-0.25, -0.2) is 0 Å². The first-order valence-electron chi connectivity index (χ1n) is 4.04. The van der Waals surface area contributed by atoms with Gasteiger partial charge in [0.1, 0.15) is 17.0 Å². The van der Waals surface area contributed by atoms with Crippen LogP contribution in [-0.4, -0.2) is 15.3 Å². The van der Waals surface area contributed by atoms with Crippen LogP contribution in [0.15, 0.2) is 18.2 Å². The number of hydrogen-bond donors (Lipinski definition) is 2. The summed E-state index contributed by atoms with van der Waals surface area (Å²) in [5.74, 6) is -3.09. The number of aromatic nitrogens is 2. The molecule has 0 aliphatic rings. The molecule has 0 saturated carbocycles. The lowest BCUT2D eigenvalue weighted by molar-refractivity contribution is 0.0142. The van der Waals surface area contributed by atoms with Gasteiger partial charge in [0.15, 0.2) is 0 Å². The number of para-hydroxylation sites is 1. The number of alkyl halides is 2. The molecule has 0 amide bonds. The highest BCUT2D eigenvalue weighted by atomic mass is 19.3. The minimum atomic E-state index is -2.98. The molecule has 1 aromatic heterocycles. The highest BCUT2D eigenvalue weighted by Gasteiger charge is 2.29. The van der Waals surface area contributed by atoms with Crippen molar-refractivity contribution in [3.63, 3.8) is 0 Å². The van der Waals surface area contributed by atoms with Crippen molar-refractivity contribution in [3.8, 4) is 5.75 Å². The second-order valence-corrected chi connectivity index (χ2v) is 3.16. The van der Waals surface area contributed by atoms with Crippen LogP contribution in [0, 0.1) is 0 Å². The Labute approximate surface area is 78.4 Å². The van der Waals surface area contributed by atoms with Crippen LogP contribution in [-0.2, 0) is 5.92 Å². The van der Waals surface area contributed by atoms with Gasteiger partial charge in [-0.2, -0.15) is 13.9 Å². The molecule has 0 aliphatic carbocycles. The molecule has 1 aromatic carbocycles. The third kappa shape index (κ3) is 1.21. The summed E-state index contributed by atoms with van der Waals surface area (Å²) in [6, 6.07) is 4.40. The molecule has 0 saturated heterocycles. The van der Waals surface area contributed by atoms with Crippen LogP contribution in [0.5, 0.6) is 5.75 Å². The normalized spacial score (nSPS) is 12.2. The zero-order valence-electron chi connectivity index (χ0n) is 7.38. The van der Waals surface area contributed by atoms with E-state index < -0.39 is 5.92 Å². The van der Waals surface area contributed by atoms with Gasteiger partial charge in [0.2, 0.25) is 0 Å². The van der Waals surface area contributed by atoms with E-state index in [4.69, 9.17) is 0 Å². The highest BCUT2D eigenvalue weighted by Crippen LogP contribution is 2.33. The Hall–Kier alpha value is -1.65. The number of nitrogens with one attached hydrogen (secondary N) is 1. The van der Waals surface area contributed by atoms with Gasteiger partial charge < -0.3 is 5.11 Å². The Morgan fingerprint density at radius 2 is 2.14 bits per heavy atom. The van der Waals surface area contributed by atoms with Gasteiger partial charge in [-0.15, -0.1) is 0 Å². The van der Waals surface area contributed by atoms with Crippen molar-refractivity contribution < 1.29 is 13.9 Å². The van der Waals surface area contributed by atoms with E-state index in [0.717, 1.165) is 6.92 Å². The second-order valence-electron chi connectivity index (χ2n) is 3.16. The number of H-pyrrole nitrogens is 1. The molecule has 0 fully saturated rings. The van der Waals surface area contributed by atoms with Crippen LogP contribution in [0.1, 0.15) is 12.6 Å². The summed E-state index contributed by atoms with van der Waals surface area (Å²) in [5, 5.41) is 15.4. The molecule has 0 bridgehead atoms. The average Bonchev–Trinajstić information content (AvgIpc) is 2.47. The van der Waals surface area contributed by atoms with Crippen LogP contribution in [0.2, 0.25) is 0 Å². The fraction of sp³-hybridized carbons (Fsp3) is 0.222. The molecular weight excluding hydrogens is 190 g/mol. The van der Waals surface area contributed by atoms with E-state index in [-0.39, 0.29) is 22.3 Å². The van der Waals surface area contributed by atoms with Gasteiger partial charge in [0.05, 0.1) is 0 Å². The maximum Gasteiger partial charge on any atom is 0.287 e.